The summed E-state index contributed by atoms with van der Waals surface area (Å²) in [5, 5.41) is 3.68. The Hall–Kier alpha value is -1.02. The van der Waals surface area contributed by atoms with Crippen LogP contribution in [0, 0.1) is 0 Å². The molecule has 2 fully saturated rings. The van der Waals surface area contributed by atoms with Crippen LogP contribution in [0.15, 0.2) is 24.3 Å². The monoisotopic (exact) mass is 259 g/mol. The van der Waals surface area contributed by atoms with E-state index in [0.717, 1.165) is 18.3 Å². The van der Waals surface area contributed by atoms with Crippen LogP contribution < -0.4 is 10.1 Å². The van der Waals surface area contributed by atoms with E-state index in [9.17, 15) is 0 Å². The van der Waals surface area contributed by atoms with Gasteiger partial charge in [0.1, 0.15) is 5.75 Å². The summed E-state index contributed by atoms with van der Waals surface area (Å²) in [6, 6.07) is 9.26. The minimum absolute atomic E-state index is 0.452. The fourth-order valence-corrected chi connectivity index (χ4v) is 3.33. The molecule has 0 radical (unpaired) electrons. The van der Waals surface area contributed by atoms with E-state index in [1.807, 2.05) is 0 Å². The first-order valence-corrected chi connectivity index (χ1v) is 7.90. The maximum absolute atomic E-state index is 6.18. The van der Waals surface area contributed by atoms with Gasteiger partial charge in [0, 0.05) is 18.2 Å². The second kappa shape index (κ2) is 6.42. The molecule has 0 aliphatic heterocycles. The molecule has 0 saturated heterocycles. The van der Waals surface area contributed by atoms with Crippen molar-refractivity contribution in [1.82, 2.24) is 5.32 Å². The van der Waals surface area contributed by atoms with Gasteiger partial charge in [0.05, 0.1) is 6.10 Å². The zero-order valence-electron chi connectivity index (χ0n) is 11.7. The molecule has 0 bridgehead atoms. The molecule has 0 spiro atoms. The van der Waals surface area contributed by atoms with Crippen molar-refractivity contribution in [3.8, 4) is 5.75 Å². The van der Waals surface area contributed by atoms with Crippen molar-refractivity contribution in [2.75, 3.05) is 0 Å². The first-order chi connectivity index (χ1) is 9.42. The van der Waals surface area contributed by atoms with Gasteiger partial charge in [0.15, 0.2) is 0 Å². The molecule has 0 amide bonds. The van der Waals surface area contributed by atoms with Crippen LogP contribution >= 0.6 is 0 Å². The summed E-state index contributed by atoms with van der Waals surface area (Å²) in [6.45, 7) is 0.952. The fraction of sp³-hybridized carbons (Fsp3) is 0.647. The van der Waals surface area contributed by atoms with Crippen LogP contribution in [0.2, 0.25) is 0 Å². The predicted molar refractivity (Wildman–Crippen MR) is 78.4 cm³/mol. The highest BCUT2D eigenvalue weighted by Crippen LogP contribution is 2.27. The van der Waals surface area contributed by atoms with Crippen LogP contribution in [0.1, 0.15) is 56.9 Å². The summed E-state index contributed by atoms with van der Waals surface area (Å²) in [6.07, 6.45) is 11.0. The highest BCUT2D eigenvalue weighted by atomic mass is 16.5. The lowest BCUT2D eigenvalue weighted by molar-refractivity contribution is 0.207. The number of nitrogens with one attached hydrogen (secondary N) is 1. The average molecular weight is 259 g/mol. The van der Waals surface area contributed by atoms with Crippen molar-refractivity contribution < 1.29 is 4.74 Å². The predicted octanol–water partition coefficient (Wildman–Crippen LogP) is 4.04. The lowest BCUT2D eigenvalue weighted by atomic mass is 10.1. The van der Waals surface area contributed by atoms with Crippen LogP contribution in [0.5, 0.6) is 5.75 Å². The molecule has 2 nitrogen and oxygen atoms in total. The molecule has 0 heterocycles. The SMILES string of the molecule is c1ccc(OC2CCCC2)c(CNC2CCCC2)c1. The summed E-state index contributed by atoms with van der Waals surface area (Å²) >= 11 is 0. The highest BCUT2D eigenvalue weighted by Gasteiger charge is 2.18. The maximum atomic E-state index is 6.18. The Bertz CT molecular complexity index is 392. The third-order valence-corrected chi connectivity index (χ3v) is 4.50. The molecule has 1 aromatic carbocycles. The molecule has 3 rings (SSSR count). The molecule has 19 heavy (non-hydrogen) atoms. The highest BCUT2D eigenvalue weighted by molar-refractivity contribution is 5.33. The summed E-state index contributed by atoms with van der Waals surface area (Å²) in [5.74, 6) is 1.10. The van der Waals surface area contributed by atoms with E-state index >= 15 is 0 Å². The molecule has 0 unspecified atom stereocenters. The van der Waals surface area contributed by atoms with Gasteiger partial charge in [0.25, 0.3) is 0 Å². The van der Waals surface area contributed by atoms with Gasteiger partial charge in [0.2, 0.25) is 0 Å². The molecule has 2 aliphatic rings. The van der Waals surface area contributed by atoms with Gasteiger partial charge < -0.3 is 10.1 Å². The standard InChI is InChI=1S/C17H25NO/c1-6-12-17(19-16-10-4-5-11-16)14(7-1)13-18-15-8-2-3-9-15/h1,6-7,12,15-16,18H,2-5,8-11,13H2. The molecule has 1 aromatic rings. The summed E-state index contributed by atoms with van der Waals surface area (Å²) in [5.41, 5.74) is 1.32. The lowest BCUT2D eigenvalue weighted by Crippen LogP contribution is -2.25. The van der Waals surface area contributed by atoms with E-state index < -0.39 is 0 Å². The minimum atomic E-state index is 0.452. The number of rotatable bonds is 5. The summed E-state index contributed by atoms with van der Waals surface area (Å²) in [4.78, 5) is 0. The molecule has 0 aromatic heterocycles. The quantitative estimate of drug-likeness (QED) is 0.861. The van der Waals surface area contributed by atoms with Gasteiger partial charge in [-0.2, -0.15) is 0 Å². The normalized spacial score (nSPS) is 21.1. The number of ether oxygens (including phenoxy) is 1. The molecule has 2 heteroatoms. The Morgan fingerprint density at radius 1 is 0.947 bits per heavy atom. The van der Waals surface area contributed by atoms with Crippen molar-refractivity contribution in [2.24, 2.45) is 0 Å². The van der Waals surface area contributed by atoms with Crippen molar-refractivity contribution in [3.63, 3.8) is 0 Å². The number of hydrogen-bond donors (Lipinski definition) is 1. The maximum Gasteiger partial charge on any atom is 0.124 e. The largest absolute Gasteiger partial charge is 0.490 e. The fourth-order valence-electron chi connectivity index (χ4n) is 3.33. The second-order valence-corrected chi connectivity index (χ2v) is 5.99. The first-order valence-electron chi connectivity index (χ1n) is 7.90. The van der Waals surface area contributed by atoms with Crippen molar-refractivity contribution in [3.05, 3.63) is 29.8 Å². The minimum Gasteiger partial charge on any atom is -0.490 e. The zero-order valence-corrected chi connectivity index (χ0v) is 11.7. The van der Waals surface area contributed by atoms with E-state index in [0.29, 0.717) is 6.10 Å². The molecular weight excluding hydrogens is 234 g/mol. The number of para-hydroxylation sites is 1. The second-order valence-electron chi connectivity index (χ2n) is 5.99. The van der Waals surface area contributed by atoms with Crippen LogP contribution in [0.25, 0.3) is 0 Å². The molecule has 0 atom stereocenters. The van der Waals surface area contributed by atoms with Gasteiger partial charge in [-0.15, -0.1) is 0 Å². The number of hydrogen-bond acceptors (Lipinski definition) is 2. The van der Waals surface area contributed by atoms with Gasteiger partial charge in [-0.05, 0) is 44.6 Å². The zero-order chi connectivity index (χ0) is 12.9. The molecule has 2 aliphatic carbocycles. The lowest BCUT2D eigenvalue weighted by Gasteiger charge is -2.18. The molecule has 104 valence electrons. The van der Waals surface area contributed by atoms with Crippen molar-refractivity contribution in [2.45, 2.75) is 70.1 Å². The Labute approximate surface area is 116 Å². The topological polar surface area (TPSA) is 21.3 Å². The first kappa shape index (κ1) is 13.0. The van der Waals surface area contributed by atoms with Gasteiger partial charge in [-0.25, -0.2) is 0 Å². The van der Waals surface area contributed by atoms with Crippen LogP contribution in [-0.4, -0.2) is 12.1 Å². The molecule has 2 saturated carbocycles. The Kier molecular flexibility index (Phi) is 4.39. The van der Waals surface area contributed by atoms with Crippen molar-refractivity contribution >= 4 is 0 Å². The molecule has 1 N–H and O–H groups in total. The van der Waals surface area contributed by atoms with Gasteiger partial charge in [-0.1, -0.05) is 31.0 Å². The molecular formula is C17H25NO. The Balaban J connectivity index is 1.59. The third kappa shape index (κ3) is 3.50. The summed E-state index contributed by atoms with van der Waals surface area (Å²) in [7, 11) is 0. The van der Waals surface area contributed by atoms with Crippen molar-refractivity contribution in [1.29, 1.82) is 0 Å². The van der Waals surface area contributed by atoms with Gasteiger partial charge >= 0.3 is 0 Å². The van der Waals surface area contributed by atoms with Crippen LogP contribution in [0.3, 0.4) is 0 Å². The smallest absolute Gasteiger partial charge is 0.124 e. The third-order valence-electron chi connectivity index (χ3n) is 4.50. The van der Waals surface area contributed by atoms with E-state index in [4.69, 9.17) is 4.74 Å². The Morgan fingerprint density at radius 2 is 1.63 bits per heavy atom. The van der Waals surface area contributed by atoms with E-state index in [1.165, 1.54) is 56.9 Å². The average Bonchev–Trinajstić information content (AvgIpc) is 3.10. The van der Waals surface area contributed by atoms with Crippen LogP contribution in [-0.2, 0) is 6.54 Å². The number of benzene rings is 1. The van der Waals surface area contributed by atoms with Crippen LogP contribution in [0.4, 0.5) is 0 Å². The van der Waals surface area contributed by atoms with E-state index in [2.05, 4.69) is 29.6 Å². The van der Waals surface area contributed by atoms with E-state index in [-0.39, 0.29) is 0 Å². The van der Waals surface area contributed by atoms with Gasteiger partial charge in [-0.3, -0.25) is 0 Å². The summed E-state index contributed by atoms with van der Waals surface area (Å²) < 4.78 is 6.18. The Morgan fingerprint density at radius 3 is 2.42 bits per heavy atom. The van der Waals surface area contributed by atoms with E-state index in [1.54, 1.807) is 0 Å².